The molecule has 1 aliphatic rings. The number of urea groups is 1. The van der Waals surface area contributed by atoms with Crippen molar-refractivity contribution in [3.05, 3.63) is 0 Å². The number of nitrogens with two attached hydrogens (primary N) is 1. The Morgan fingerprint density at radius 3 is 2.40 bits per heavy atom. The largest absolute Gasteiger partial charge is 0.481 e. The molecule has 1 saturated heterocycles. The van der Waals surface area contributed by atoms with E-state index < -0.39 is 29.9 Å². The maximum absolute atomic E-state index is 12.4. The van der Waals surface area contributed by atoms with Gasteiger partial charge in [0.25, 0.3) is 0 Å². The molecule has 8 nitrogen and oxygen atoms in total. The third kappa shape index (κ3) is 3.60. The van der Waals surface area contributed by atoms with Crippen LogP contribution >= 0.6 is 0 Å². The first-order valence-electron chi connectivity index (χ1n) is 6.38. The van der Waals surface area contributed by atoms with Crippen LogP contribution in [0.1, 0.15) is 13.8 Å². The molecule has 20 heavy (non-hydrogen) atoms. The summed E-state index contributed by atoms with van der Waals surface area (Å²) in [6.45, 7) is 3.56. The molecule has 0 aromatic rings. The number of carboxylic acids is 1. The van der Waals surface area contributed by atoms with Crippen LogP contribution in [0, 0.1) is 5.92 Å². The molecule has 2 unspecified atom stereocenters. The first-order chi connectivity index (χ1) is 9.25. The molecular weight excluding hydrogens is 266 g/mol. The first-order valence-corrected chi connectivity index (χ1v) is 6.38. The fraction of sp³-hybridized carbons (Fsp3) is 0.750. The van der Waals surface area contributed by atoms with Crippen molar-refractivity contribution in [1.82, 2.24) is 9.80 Å². The summed E-state index contributed by atoms with van der Waals surface area (Å²) in [6, 6.07) is -1.20. The maximum atomic E-state index is 12.4. The predicted octanol–water partition coefficient (Wildman–Crippen LogP) is -0.666. The van der Waals surface area contributed by atoms with Gasteiger partial charge in [-0.05, 0) is 13.8 Å². The highest BCUT2D eigenvalue weighted by molar-refractivity contribution is 5.83. The molecule has 0 spiro atoms. The SMILES string of the molecule is CC(C)N(CC(N)=O)C(=O)N(C)C1COCC1C(=O)O. The third-order valence-corrected chi connectivity index (χ3v) is 3.36. The monoisotopic (exact) mass is 287 g/mol. The van der Waals surface area contributed by atoms with Gasteiger partial charge in [-0.2, -0.15) is 0 Å². The highest BCUT2D eigenvalue weighted by Crippen LogP contribution is 2.20. The van der Waals surface area contributed by atoms with Gasteiger partial charge in [0.1, 0.15) is 12.5 Å². The number of amides is 3. The Morgan fingerprint density at radius 1 is 1.35 bits per heavy atom. The lowest BCUT2D eigenvalue weighted by molar-refractivity contribution is -0.142. The summed E-state index contributed by atoms with van der Waals surface area (Å²) in [4.78, 5) is 37.1. The molecule has 0 aromatic heterocycles. The second kappa shape index (κ2) is 6.56. The van der Waals surface area contributed by atoms with E-state index in [1.807, 2.05) is 0 Å². The number of aliphatic carboxylic acids is 1. The summed E-state index contributed by atoms with van der Waals surface area (Å²) in [5, 5.41) is 9.10. The van der Waals surface area contributed by atoms with Gasteiger partial charge in [0.05, 0.1) is 19.3 Å². The van der Waals surface area contributed by atoms with Gasteiger partial charge in [0.2, 0.25) is 5.91 Å². The van der Waals surface area contributed by atoms with Crippen LogP contribution in [0.2, 0.25) is 0 Å². The van der Waals surface area contributed by atoms with Crippen molar-refractivity contribution in [2.75, 3.05) is 26.8 Å². The minimum atomic E-state index is -1.00. The molecule has 3 N–H and O–H groups in total. The van der Waals surface area contributed by atoms with Gasteiger partial charge < -0.3 is 25.4 Å². The minimum absolute atomic E-state index is 0.0785. The molecule has 114 valence electrons. The van der Waals surface area contributed by atoms with Gasteiger partial charge in [-0.1, -0.05) is 0 Å². The van der Waals surface area contributed by atoms with Crippen LogP contribution in [-0.4, -0.2) is 71.7 Å². The number of carbonyl (C=O) groups excluding carboxylic acids is 2. The van der Waals surface area contributed by atoms with E-state index in [0.29, 0.717) is 0 Å². The normalized spacial score (nSPS) is 21.8. The predicted molar refractivity (Wildman–Crippen MR) is 69.9 cm³/mol. The molecular formula is C12H21N3O5. The van der Waals surface area contributed by atoms with E-state index in [4.69, 9.17) is 15.6 Å². The Labute approximate surface area is 117 Å². The van der Waals surface area contributed by atoms with Crippen LogP contribution in [-0.2, 0) is 14.3 Å². The number of nitrogens with zero attached hydrogens (tertiary/aromatic N) is 2. The summed E-state index contributed by atoms with van der Waals surface area (Å²) in [5.74, 6) is -2.37. The van der Waals surface area contributed by atoms with Crippen molar-refractivity contribution in [2.24, 2.45) is 11.7 Å². The van der Waals surface area contributed by atoms with Gasteiger partial charge >= 0.3 is 12.0 Å². The summed E-state index contributed by atoms with van der Waals surface area (Å²) >= 11 is 0. The van der Waals surface area contributed by atoms with E-state index in [2.05, 4.69) is 0 Å². The van der Waals surface area contributed by atoms with Gasteiger partial charge in [0.15, 0.2) is 0 Å². The second-order valence-electron chi connectivity index (χ2n) is 5.13. The van der Waals surface area contributed by atoms with Gasteiger partial charge in [-0.15, -0.1) is 0 Å². The average molecular weight is 287 g/mol. The fourth-order valence-corrected chi connectivity index (χ4v) is 2.14. The first kappa shape index (κ1) is 16.2. The molecule has 1 heterocycles. The zero-order valence-electron chi connectivity index (χ0n) is 11.9. The van der Waals surface area contributed by atoms with Crippen molar-refractivity contribution in [1.29, 1.82) is 0 Å². The van der Waals surface area contributed by atoms with Crippen LogP contribution in [0.5, 0.6) is 0 Å². The second-order valence-corrected chi connectivity index (χ2v) is 5.13. The van der Waals surface area contributed by atoms with Crippen LogP contribution < -0.4 is 5.73 Å². The standard InChI is InChI=1S/C12H21N3O5/c1-7(2)15(4-10(13)16)12(19)14(3)9-6-20-5-8(9)11(17)18/h7-9H,4-6H2,1-3H3,(H2,13,16)(H,17,18). The Balaban J connectivity index is 2.83. The third-order valence-electron chi connectivity index (χ3n) is 3.36. The van der Waals surface area contributed by atoms with E-state index in [-0.39, 0.29) is 25.8 Å². The molecule has 3 amide bonds. The fourth-order valence-electron chi connectivity index (χ4n) is 2.14. The zero-order valence-corrected chi connectivity index (χ0v) is 11.9. The van der Waals surface area contributed by atoms with Gasteiger partial charge in [0, 0.05) is 13.1 Å². The molecule has 2 atom stereocenters. The Kier molecular flexibility index (Phi) is 5.32. The summed E-state index contributed by atoms with van der Waals surface area (Å²) in [5.41, 5.74) is 5.13. The Morgan fingerprint density at radius 2 is 1.95 bits per heavy atom. The van der Waals surface area contributed by atoms with E-state index in [0.717, 1.165) is 0 Å². The maximum Gasteiger partial charge on any atom is 0.320 e. The van der Waals surface area contributed by atoms with Crippen LogP contribution in [0.4, 0.5) is 4.79 Å². The Bertz CT molecular complexity index is 399. The van der Waals surface area contributed by atoms with Crippen molar-refractivity contribution in [3.8, 4) is 0 Å². The number of likely N-dealkylation sites (N-methyl/N-ethyl adjacent to an activating group) is 1. The highest BCUT2D eigenvalue weighted by atomic mass is 16.5. The molecule has 8 heteroatoms. The van der Waals surface area contributed by atoms with Crippen LogP contribution in [0.15, 0.2) is 0 Å². The number of hydrogen-bond donors (Lipinski definition) is 2. The molecule has 0 aliphatic carbocycles. The lowest BCUT2D eigenvalue weighted by atomic mass is 10.0. The molecule has 1 fully saturated rings. The number of hydrogen-bond acceptors (Lipinski definition) is 4. The van der Waals surface area contributed by atoms with Crippen molar-refractivity contribution in [3.63, 3.8) is 0 Å². The number of carboxylic acid groups (broad SMARTS) is 1. The quantitative estimate of drug-likeness (QED) is 0.696. The van der Waals surface area contributed by atoms with Crippen molar-refractivity contribution >= 4 is 17.9 Å². The smallest absolute Gasteiger partial charge is 0.320 e. The topological polar surface area (TPSA) is 113 Å². The summed E-state index contributed by atoms with van der Waals surface area (Å²) < 4.78 is 5.14. The lowest BCUT2D eigenvalue weighted by Gasteiger charge is -2.34. The van der Waals surface area contributed by atoms with E-state index in [9.17, 15) is 14.4 Å². The van der Waals surface area contributed by atoms with Crippen molar-refractivity contribution < 1.29 is 24.2 Å². The highest BCUT2D eigenvalue weighted by Gasteiger charge is 2.40. The summed E-state index contributed by atoms with van der Waals surface area (Å²) in [6.07, 6.45) is 0. The van der Waals surface area contributed by atoms with Gasteiger partial charge in [-0.3, -0.25) is 9.59 Å². The number of primary amides is 1. The Hall–Kier alpha value is -1.83. The van der Waals surface area contributed by atoms with Gasteiger partial charge in [-0.25, -0.2) is 4.79 Å². The van der Waals surface area contributed by atoms with Crippen LogP contribution in [0.25, 0.3) is 0 Å². The molecule has 1 aliphatic heterocycles. The molecule has 0 saturated carbocycles. The van der Waals surface area contributed by atoms with E-state index in [1.165, 1.54) is 16.8 Å². The molecule has 0 radical (unpaired) electrons. The number of ether oxygens (including phenoxy) is 1. The van der Waals surface area contributed by atoms with Crippen molar-refractivity contribution in [2.45, 2.75) is 25.9 Å². The molecule has 0 aromatic carbocycles. The molecule has 0 bridgehead atoms. The number of carbonyl (C=O) groups is 3. The van der Waals surface area contributed by atoms with Crippen LogP contribution in [0.3, 0.4) is 0 Å². The number of rotatable bonds is 5. The average Bonchev–Trinajstić information content (AvgIpc) is 2.82. The summed E-state index contributed by atoms with van der Waals surface area (Å²) in [7, 11) is 1.51. The zero-order chi connectivity index (χ0) is 15.4. The van der Waals surface area contributed by atoms with E-state index in [1.54, 1.807) is 13.8 Å². The molecule has 1 rings (SSSR count). The minimum Gasteiger partial charge on any atom is -0.481 e. The lowest BCUT2D eigenvalue weighted by Crippen LogP contribution is -2.53. The van der Waals surface area contributed by atoms with E-state index >= 15 is 0 Å².